The van der Waals surface area contributed by atoms with Gasteiger partial charge in [0.1, 0.15) is 11.2 Å². The van der Waals surface area contributed by atoms with Crippen molar-refractivity contribution < 1.29 is 4.42 Å². The van der Waals surface area contributed by atoms with E-state index in [4.69, 9.17) is 4.42 Å². The van der Waals surface area contributed by atoms with Crippen molar-refractivity contribution in [3.05, 3.63) is 170 Å². The Morgan fingerprint density at radius 2 is 0.723 bits per heavy atom. The lowest BCUT2D eigenvalue weighted by molar-refractivity contribution is 0.669. The maximum absolute atomic E-state index is 6.60. The summed E-state index contributed by atoms with van der Waals surface area (Å²) in [5, 5.41) is 12.3. The second-order valence-electron chi connectivity index (χ2n) is 12.4. The van der Waals surface area contributed by atoms with Crippen LogP contribution in [0.4, 0.5) is 0 Å². The summed E-state index contributed by atoms with van der Waals surface area (Å²) in [7, 11) is 0. The van der Waals surface area contributed by atoms with Gasteiger partial charge in [0.15, 0.2) is 0 Å². The van der Waals surface area contributed by atoms with Crippen LogP contribution in [-0.4, -0.2) is 0 Å². The molecule has 1 heteroatoms. The molecule has 0 amide bonds. The third kappa shape index (κ3) is 3.97. The lowest BCUT2D eigenvalue weighted by atomic mass is 9.86. The van der Waals surface area contributed by atoms with E-state index in [-0.39, 0.29) is 0 Å². The Hall–Kier alpha value is -6.18. The minimum Gasteiger partial charge on any atom is -0.456 e. The van der Waals surface area contributed by atoms with Gasteiger partial charge in [-0.05, 0) is 107 Å². The molecule has 1 heterocycles. The maximum atomic E-state index is 6.60. The molecule has 0 spiro atoms. The van der Waals surface area contributed by atoms with Gasteiger partial charge in [0, 0.05) is 10.8 Å². The van der Waals surface area contributed by atoms with Crippen LogP contribution in [0.1, 0.15) is 0 Å². The largest absolute Gasteiger partial charge is 0.456 e. The predicted octanol–water partition coefficient (Wildman–Crippen LogP) is 13.2. The summed E-state index contributed by atoms with van der Waals surface area (Å²) in [4.78, 5) is 0. The van der Waals surface area contributed by atoms with Gasteiger partial charge in [-0.3, -0.25) is 0 Å². The summed E-state index contributed by atoms with van der Waals surface area (Å²) in [6, 6.07) is 61.5. The van der Waals surface area contributed by atoms with Crippen molar-refractivity contribution in [2.75, 3.05) is 0 Å². The van der Waals surface area contributed by atoms with Crippen molar-refractivity contribution in [1.29, 1.82) is 0 Å². The van der Waals surface area contributed by atoms with Gasteiger partial charge in [-0.1, -0.05) is 140 Å². The molecule has 10 aromatic rings. The van der Waals surface area contributed by atoms with Gasteiger partial charge in [-0.15, -0.1) is 0 Å². The minimum atomic E-state index is 0.901. The van der Waals surface area contributed by atoms with Crippen molar-refractivity contribution in [3.63, 3.8) is 0 Å². The Labute approximate surface area is 271 Å². The van der Waals surface area contributed by atoms with Gasteiger partial charge < -0.3 is 4.42 Å². The normalized spacial score (nSPS) is 11.8. The topological polar surface area (TPSA) is 13.1 Å². The highest BCUT2D eigenvalue weighted by Crippen LogP contribution is 2.45. The Morgan fingerprint density at radius 3 is 1.34 bits per heavy atom. The molecule has 0 saturated carbocycles. The first-order valence-electron chi connectivity index (χ1n) is 16.2. The summed E-state index contributed by atoms with van der Waals surface area (Å²) >= 11 is 0. The van der Waals surface area contributed by atoms with E-state index in [0.717, 1.165) is 27.5 Å². The summed E-state index contributed by atoms with van der Waals surface area (Å²) in [5.41, 5.74) is 9.17. The standard InChI is InChI=1S/C46H28O/c1-2-12-29(13-3-1)44-37-18-8-10-20-39(37)46(40-21-11-9-19-38(40)44)33-22-24-36-41-27-32(23-25-42(41)47-43(36)28-33)45-34-16-6-4-14-30(34)26-31-15-5-7-17-35(31)45/h1-28H. The molecule has 0 aliphatic rings. The van der Waals surface area contributed by atoms with E-state index in [0.29, 0.717) is 0 Å². The molecule has 0 radical (unpaired) electrons. The average molecular weight is 597 g/mol. The summed E-state index contributed by atoms with van der Waals surface area (Å²) in [6.07, 6.45) is 0. The molecule has 0 N–H and O–H groups in total. The van der Waals surface area contributed by atoms with Crippen LogP contribution in [0.3, 0.4) is 0 Å². The molecule has 0 atom stereocenters. The highest BCUT2D eigenvalue weighted by Gasteiger charge is 2.18. The van der Waals surface area contributed by atoms with Crippen LogP contribution < -0.4 is 0 Å². The minimum absolute atomic E-state index is 0.901. The van der Waals surface area contributed by atoms with Crippen LogP contribution in [0, 0.1) is 0 Å². The fourth-order valence-electron chi connectivity index (χ4n) is 7.77. The number of fused-ring (bicyclic) bond motifs is 7. The van der Waals surface area contributed by atoms with E-state index in [1.165, 1.54) is 70.9 Å². The van der Waals surface area contributed by atoms with Gasteiger partial charge in [-0.25, -0.2) is 0 Å². The van der Waals surface area contributed by atoms with Crippen molar-refractivity contribution in [2.45, 2.75) is 0 Å². The van der Waals surface area contributed by atoms with Crippen LogP contribution in [0.5, 0.6) is 0 Å². The first-order chi connectivity index (χ1) is 23.3. The van der Waals surface area contributed by atoms with Crippen LogP contribution in [0.2, 0.25) is 0 Å². The van der Waals surface area contributed by atoms with E-state index >= 15 is 0 Å². The van der Waals surface area contributed by atoms with E-state index in [1.807, 2.05) is 0 Å². The van der Waals surface area contributed by atoms with Gasteiger partial charge in [0.25, 0.3) is 0 Å². The molecule has 1 aromatic heterocycles. The maximum Gasteiger partial charge on any atom is 0.136 e. The molecular weight excluding hydrogens is 569 g/mol. The molecule has 47 heavy (non-hydrogen) atoms. The molecule has 0 fully saturated rings. The van der Waals surface area contributed by atoms with E-state index in [9.17, 15) is 0 Å². The quantitative estimate of drug-likeness (QED) is 0.185. The smallest absolute Gasteiger partial charge is 0.136 e. The molecule has 1 nitrogen and oxygen atoms in total. The van der Waals surface area contributed by atoms with E-state index in [2.05, 4.69) is 170 Å². The Morgan fingerprint density at radius 1 is 0.255 bits per heavy atom. The number of rotatable bonds is 3. The fourth-order valence-corrected chi connectivity index (χ4v) is 7.77. The van der Waals surface area contributed by atoms with Gasteiger partial charge in [-0.2, -0.15) is 0 Å². The number of furan rings is 1. The molecule has 0 unspecified atom stereocenters. The summed E-state index contributed by atoms with van der Waals surface area (Å²) in [6.45, 7) is 0. The molecular formula is C46H28O. The van der Waals surface area contributed by atoms with Crippen LogP contribution in [-0.2, 0) is 0 Å². The molecule has 218 valence electrons. The molecule has 0 saturated heterocycles. The van der Waals surface area contributed by atoms with Crippen molar-refractivity contribution >= 4 is 65.0 Å². The Bertz CT molecular complexity index is 2730. The van der Waals surface area contributed by atoms with Gasteiger partial charge in [0.05, 0.1) is 0 Å². The molecule has 10 rings (SSSR count). The number of benzene rings is 9. The predicted molar refractivity (Wildman–Crippen MR) is 200 cm³/mol. The highest BCUT2D eigenvalue weighted by molar-refractivity contribution is 6.22. The third-order valence-corrected chi connectivity index (χ3v) is 9.81. The van der Waals surface area contributed by atoms with Gasteiger partial charge >= 0.3 is 0 Å². The zero-order valence-corrected chi connectivity index (χ0v) is 25.6. The van der Waals surface area contributed by atoms with Crippen molar-refractivity contribution in [1.82, 2.24) is 0 Å². The number of hydrogen-bond donors (Lipinski definition) is 0. The van der Waals surface area contributed by atoms with Crippen molar-refractivity contribution in [2.24, 2.45) is 0 Å². The average Bonchev–Trinajstić information content (AvgIpc) is 3.50. The van der Waals surface area contributed by atoms with Crippen LogP contribution in [0.25, 0.3) is 98.4 Å². The Kier molecular flexibility index (Phi) is 5.64. The van der Waals surface area contributed by atoms with Crippen LogP contribution >= 0.6 is 0 Å². The third-order valence-electron chi connectivity index (χ3n) is 9.81. The lowest BCUT2D eigenvalue weighted by Crippen LogP contribution is -1.90. The molecule has 0 aliphatic carbocycles. The molecule has 9 aromatic carbocycles. The first-order valence-corrected chi connectivity index (χ1v) is 16.2. The van der Waals surface area contributed by atoms with E-state index < -0.39 is 0 Å². The Balaban J connectivity index is 1.20. The second-order valence-corrected chi connectivity index (χ2v) is 12.4. The second kappa shape index (κ2) is 10.2. The zero-order valence-electron chi connectivity index (χ0n) is 25.6. The molecule has 0 aliphatic heterocycles. The van der Waals surface area contributed by atoms with Gasteiger partial charge in [0.2, 0.25) is 0 Å². The zero-order chi connectivity index (χ0) is 30.9. The molecule has 0 bridgehead atoms. The summed E-state index contributed by atoms with van der Waals surface area (Å²) in [5.74, 6) is 0. The monoisotopic (exact) mass is 596 g/mol. The SMILES string of the molecule is c1ccc(-c2c3ccccc3c(-c3ccc4c(c3)oc3ccc(-c5c6ccccc6cc6ccccc56)cc34)c3ccccc23)cc1. The highest BCUT2D eigenvalue weighted by atomic mass is 16.3. The van der Waals surface area contributed by atoms with E-state index in [1.54, 1.807) is 0 Å². The first kappa shape index (κ1) is 26.1. The summed E-state index contributed by atoms with van der Waals surface area (Å²) < 4.78 is 6.60. The van der Waals surface area contributed by atoms with Crippen molar-refractivity contribution in [3.8, 4) is 33.4 Å². The lowest BCUT2D eigenvalue weighted by Gasteiger charge is -2.17. The fraction of sp³-hybridized carbons (Fsp3) is 0. The van der Waals surface area contributed by atoms with Crippen LogP contribution in [0.15, 0.2) is 174 Å². The number of hydrogen-bond acceptors (Lipinski definition) is 1.